The fraction of sp³-hybridized carbons (Fsp3) is 0.632. The number of carboxylic acids is 1. The molecule has 0 fully saturated rings. The fourth-order valence-electron chi connectivity index (χ4n) is 2.71. The lowest BCUT2D eigenvalue weighted by Gasteiger charge is -2.27. The molecule has 0 aliphatic carbocycles. The number of nitrogens with one attached hydrogen (secondary N) is 4. The maximum Gasteiger partial charge on any atom is 0.326 e. The smallest absolute Gasteiger partial charge is 0.326 e. The highest BCUT2D eigenvalue weighted by Crippen LogP contribution is 2.10. The number of hydrogen-bond acceptors (Lipinski definition) is 8. The van der Waals surface area contributed by atoms with Crippen molar-refractivity contribution in [2.75, 3.05) is 5.75 Å². The van der Waals surface area contributed by atoms with Gasteiger partial charge in [-0.15, -0.1) is 0 Å². The number of aliphatic hydroxyl groups is 1. The number of aromatic amines is 1. The minimum atomic E-state index is -1.26. The number of imidazole rings is 1. The lowest BCUT2D eigenvalue weighted by atomic mass is 9.97. The van der Waals surface area contributed by atoms with Crippen LogP contribution in [0.5, 0.6) is 0 Å². The van der Waals surface area contributed by atoms with E-state index in [1.165, 1.54) is 19.4 Å². The molecule has 0 aliphatic rings. The first-order chi connectivity index (χ1) is 15.0. The van der Waals surface area contributed by atoms with Crippen LogP contribution in [0.1, 0.15) is 32.9 Å². The number of aliphatic hydroxyl groups excluding tert-OH is 1. The summed E-state index contributed by atoms with van der Waals surface area (Å²) in [7, 11) is 0. The molecule has 0 aromatic carbocycles. The van der Waals surface area contributed by atoms with E-state index in [0.29, 0.717) is 12.1 Å². The summed E-state index contributed by atoms with van der Waals surface area (Å²) in [6.45, 7) is 4.91. The first kappa shape index (κ1) is 27.4. The second-order valence-electron chi connectivity index (χ2n) is 7.56. The van der Waals surface area contributed by atoms with Crippen molar-refractivity contribution in [3.8, 4) is 0 Å². The van der Waals surface area contributed by atoms with E-state index in [0.717, 1.165) is 0 Å². The Balaban J connectivity index is 2.87. The number of carboxylic acid groups (broad SMARTS) is 1. The van der Waals surface area contributed by atoms with Crippen LogP contribution in [0.15, 0.2) is 12.5 Å². The predicted molar refractivity (Wildman–Crippen MR) is 119 cm³/mol. The van der Waals surface area contributed by atoms with Crippen LogP contribution in [0.3, 0.4) is 0 Å². The highest BCUT2D eigenvalue weighted by molar-refractivity contribution is 7.80. The maximum atomic E-state index is 12.8. The van der Waals surface area contributed by atoms with Gasteiger partial charge in [-0.2, -0.15) is 12.6 Å². The van der Waals surface area contributed by atoms with Crippen LogP contribution in [-0.2, 0) is 25.6 Å². The number of hydrogen-bond donors (Lipinski definition) is 8. The standard InChI is InChI=1S/C19H32N6O6S/c1-4-9(2)15(25-17(28)14(20)10(3)26)18(29)24-13(7-32)16(27)23-12(19(30)31)5-11-6-21-8-22-11/h6,8-10,12-15,26,32H,4-5,7,20H2,1-3H3,(H,21,22)(H,23,27)(H,24,29)(H,25,28)(H,30,31). The van der Waals surface area contributed by atoms with Gasteiger partial charge in [0.15, 0.2) is 0 Å². The summed E-state index contributed by atoms with van der Waals surface area (Å²) in [4.78, 5) is 55.8. The Morgan fingerprint density at radius 1 is 1.12 bits per heavy atom. The molecule has 180 valence electrons. The molecule has 1 aromatic heterocycles. The van der Waals surface area contributed by atoms with Crippen molar-refractivity contribution in [2.45, 2.75) is 63.9 Å². The van der Waals surface area contributed by atoms with Gasteiger partial charge in [0.2, 0.25) is 17.7 Å². The van der Waals surface area contributed by atoms with Crippen LogP contribution in [-0.4, -0.2) is 79.9 Å². The molecule has 13 heteroatoms. The van der Waals surface area contributed by atoms with Gasteiger partial charge in [-0.1, -0.05) is 20.3 Å². The number of nitrogens with zero attached hydrogens (tertiary/aromatic N) is 1. The predicted octanol–water partition coefficient (Wildman–Crippen LogP) is -1.82. The van der Waals surface area contributed by atoms with Crippen molar-refractivity contribution < 1.29 is 29.4 Å². The van der Waals surface area contributed by atoms with Gasteiger partial charge in [-0.05, 0) is 12.8 Å². The zero-order chi connectivity index (χ0) is 24.4. The number of amides is 3. The molecule has 1 aromatic rings. The van der Waals surface area contributed by atoms with E-state index in [1.807, 2.05) is 6.92 Å². The Hall–Kier alpha value is -2.64. The van der Waals surface area contributed by atoms with Crippen LogP contribution in [0.4, 0.5) is 0 Å². The number of carbonyl (C=O) groups excluding carboxylic acids is 3. The molecule has 0 bridgehead atoms. The number of nitrogens with two attached hydrogens (primary N) is 1. The first-order valence-electron chi connectivity index (χ1n) is 10.2. The summed E-state index contributed by atoms with van der Waals surface area (Å²) in [5.74, 6) is -3.78. The molecule has 0 spiro atoms. The van der Waals surface area contributed by atoms with Crippen molar-refractivity contribution in [3.05, 3.63) is 18.2 Å². The molecular formula is C19H32N6O6S. The molecule has 0 aliphatic heterocycles. The van der Waals surface area contributed by atoms with Gasteiger partial charge >= 0.3 is 5.97 Å². The minimum absolute atomic E-state index is 0.0307. The summed E-state index contributed by atoms with van der Waals surface area (Å²) < 4.78 is 0. The summed E-state index contributed by atoms with van der Waals surface area (Å²) in [6, 6.07) is -4.65. The first-order valence-corrected chi connectivity index (χ1v) is 10.8. The monoisotopic (exact) mass is 472 g/mol. The van der Waals surface area contributed by atoms with Gasteiger partial charge in [-0.3, -0.25) is 14.4 Å². The van der Waals surface area contributed by atoms with Crippen LogP contribution >= 0.6 is 12.6 Å². The van der Waals surface area contributed by atoms with Gasteiger partial charge in [0.1, 0.15) is 24.2 Å². The Bertz CT molecular complexity index is 774. The molecule has 32 heavy (non-hydrogen) atoms. The third kappa shape index (κ3) is 8.13. The SMILES string of the molecule is CCC(C)C(NC(=O)C(N)C(C)O)C(=O)NC(CS)C(=O)NC(Cc1cnc[nH]1)C(=O)O. The van der Waals surface area contributed by atoms with Gasteiger partial charge < -0.3 is 36.9 Å². The van der Waals surface area contributed by atoms with Gasteiger partial charge in [0.25, 0.3) is 0 Å². The third-order valence-electron chi connectivity index (χ3n) is 5.02. The van der Waals surface area contributed by atoms with Crippen LogP contribution in [0.25, 0.3) is 0 Å². The number of rotatable bonds is 13. The Labute approximate surface area is 191 Å². The molecule has 0 radical (unpaired) electrons. The number of carbonyl (C=O) groups is 4. The molecule has 0 saturated heterocycles. The minimum Gasteiger partial charge on any atom is -0.480 e. The Kier molecular flexibility index (Phi) is 11.2. The average molecular weight is 473 g/mol. The molecule has 1 heterocycles. The van der Waals surface area contributed by atoms with E-state index in [9.17, 15) is 29.4 Å². The van der Waals surface area contributed by atoms with E-state index < -0.39 is 54.0 Å². The van der Waals surface area contributed by atoms with Crippen LogP contribution in [0, 0.1) is 5.92 Å². The Morgan fingerprint density at radius 2 is 1.75 bits per heavy atom. The summed E-state index contributed by atoms with van der Waals surface area (Å²) in [6.07, 6.45) is 2.22. The second kappa shape index (κ2) is 13.0. The van der Waals surface area contributed by atoms with Crippen LogP contribution < -0.4 is 21.7 Å². The van der Waals surface area contributed by atoms with Crippen molar-refractivity contribution in [1.29, 1.82) is 0 Å². The quantitative estimate of drug-likeness (QED) is 0.153. The molecule has 1 rings (SSSR count). The largest absolute Gasteiger partial charge is 0.480 e. The number of H-pyrrole nitrogens is 1. The molecule has 12 nitrogen and oxygen atoms in total. The highest BCUT2D eigenvalue weighted by Gasteiger charge is 2.32. The van der Waals surface area contributed by atoms with Crippen molar-refractivity contribution >= 4 is 36.3 Å². The van der Waals surface area contributed by atoms with E-state index in [-0.39, 0.29) is 18.1 Å². The third-order valence-corrected chi connectivity index (χ3v) is 5.39. The van der Waals surface area contributed by atoms with E-state index in [2.05, 4.69) is 38.5 Å². The van der Waals surface area contributed by atoms with E-state index in [1.54, 1.807) is 6.92 Å². The molecule has 0 saturated carbocycles. The summed E-state index contributed by atoms with van der Waals surface area (Å²) >= 11 is 4.09. The topological polar surface area (TPSA) is 200 Å². The summed E-state index contributed by atoms with van der Waals surface area (Å²) in [5, 5.41) is 26.3. The maximum absolute atomic E-state index is 12.8. The zero-order valence-electron chi connectivity index (χ0n) is 18.2. The second-order valence-corrected chi connectivity index (χ2v) is 7.93. The van der Waals surface area contributed by atoms with Crippen molar-refractivity contribution in [3.63, 3.8) is 0 Å². The van der Waals surface area contributed by atoms with E-state index >= 15 is 0 Å². The van der Waals surface area contributed by atoms with Gasteiger partial charge in [0.05, 0.1) is 12.4 Å². The molecule has 3 amide bonds. The number of aliphatic carboxylic acids is 1. The van der Waals surface area contributed by atoms with Gasteiger partial charge in [0, 0.05) is 24.1 Å². The normalized spacial score (nSPS) is 16.7. The fourth-order valence-corrected chi connectivity index (χ4v) is 2.97. The average Bonchev–Trinajstić information content (AvgIpc) is 3.26. The van der Waals surface area contributed by atoms with Crippen molar-refractivity contribution in [1.82, 2.24) is 25.9 Å². The lowest BCUT2D eigenvalue weighted by Crippen LogP contribution is -2.60. The molecule has 8 N–H and O–H groups in total. The molecule has 6 atom stereocenters. The molecule has 6 unspecified atom stereocenters. The highest BCUT2D eigenvalue weighted by atomic mass is 32.1. The van der Waals surface area contributed by atoms with Crippen molar-refractivity contribution in [2.24, 2.45) is 11.7 Å². The lowest BCUT2D eigenvalue weighted by molar-refractivity contribution is -0.142. The van der Waals surface area contributed by atoms with Gasteiger partial charge in [-0.25, -0.2) is 9.78 Å². The van der Waals surface area contributed by atoms with E-state index in [4.69, 9.17) is 5.73 Å². The zero-order valence-corrected chi connectivity index (χ0v) is 19.1. The molecular weight excluding hydrogens is 440 g/mol. The summed E-state index contributed by atoms with van der Waals surface area (Å²) in [5.41, 5.74) is 6.14. The van der Waals surface area contributed by atoms with Crippen LogP contribution in [0.2, 0.25) is 0 Å². The number of thiol groups is 1. The number of aromatic nitrogens is 2. The Morgan fingerprint density at radius 3 is 2.22 bits per heavy atom.